The predicted octanol–water partition coefficient (Wildman–Crippen LogP) is 2.51. The summed E-state index contributed by atoms with van der Waals surface area (Å²) < 4.78 is 51.7. The van der Waals surface area contributed by atoms with E-state index < -0.39 is 82.2 Å². The van der Waals surface area contributed by atoms with Crippen LogP contribution in [0.5, 0.6) is 0 Å². The van der Waals surface area contributed by atoms with Gasteiger partial charge in [0.25, 0.3) is 5.91 Å². The predicted molar refractivity (Wildman–Crippen MR) is 192 cm³/mol. The SMILES string of the molecule is C=CCNC1=C2C[C@@H](C)C[C@H](OC)C(OC(=O)NS(=O)(=O)NC(C)C)[C@@H](C)/C=C(\C)[C@H](OC(N)=O)C(OC)/C=C\C=C(/C)C(=O)NC(=CC1=O)C2=O. The van der Waals surface area contributed by atoms with Crippen LogP contribution in [-0.2, 0) is 43.5 Å². The van der Waals surface area contributed by atoms with E-state index in [2.05, 4.69) is 21.9 Å². The number of rotatable bonds is 10. The van der Waals surface area contributed by atoms with Crippen molar-refractivity contribution in [3.63, 3.8) is 0 Å². The van der Waals surface area contributed by atoms with E-state index in [-0.39, 0.29) is 41.9 Å². The van der Waals surface area contributed by atoms with Crippen molar-refractivity contribution in [3.05, 3.63) is 71.1 Å². The molecule has 0 aromatic heterocycles. The van der Waals surface area contributed by atoms with Gasteiger partial charge in [0.05, 0.1) is 17.5 Å². The van der Waals surface area contributed by atoms with Crippen LogP contribution in [0, 0.1) is 11.8 Å². The number of Topliss-reactive ketones (excluding diaryl/α,β-unsaturated/α-hetero) is 1. The van der Waals surface area contributed by atoms with Gasteiger partial charge in [-0.2, -0.15) is 13.1 Å². The summed E-state index contributed by atoms with van der Waals surface area (Å²) in [6.07, 6.45) is 2.39. The first kappa shape index (κ1) is 43.6. The molecule has 0 spiro atoms. The molecule has 1 aliphatic heterocycles. The summed E-state index contributed by atoms with van der Waals surface area (Å²) in [6.45, 7) is 13.6. The first-order chi connectivity index (χ1) is 24.3. The summed E-state index contributed by atoms with van der Waals surface area (Å²) in [5.74, 6) is -2.87. The van der Waals surface area contributed by atoms with E-state index in [1.54, 1.807) is 40.7 Å². The Morgan fingerprint density at radius 2 is 1.79 bits per heavy atom. The van der Waals surface area contributed by atoms with Gasteiger partial charge in [0.1, 0.15) is 12.2 Å². The minimum absolute atomic E-state index is 0.0353. The van der Waals surface area contributed by atoms with Crippen molar-refractivity contribution >= 4 is 39.9 Å². The van der Waals surface area contributed by atoms with Crippen LogP contribution >= 0.6 is 0 Å². The van der Waals surface area contributed by atoms with Crippen molar-refractivity contribution < 1.29 is 51.3 Å². The number of ketones is 2. The Morgan fingerprint density at radius 3 is 2.37 bits per heavy atom. The molecular formula is C35H51N5O11S. The number of primary amides is 1. The van der Waals surface area contributed by atoms with Crippen molar-refractivity contribution in [3.8, 4) is 0 Å². The summed E-state index contributed by atoms with van der Waals surface area (Å²) in [7, 11) is -1.54. The van der Waals surface area contributed by atoms with Crippen molar-refractivity contribution in [2.45, 2.75) is 84.8 Å². The molecule has 6 atom stereocenters. The van der Waals surface area contributed by atoms with Crippen LogP contribution in [0.1, 0.15) is 54.4 Å². The van der Waals surface area contributed by atoms with Gasteiger partial charge in [0, 0.05) is 49.9 Å². The molecule has 288 valence electrons. The molecule has 0 fully saturated rings. The zero-order valence-corrected chi connectivity index (χ0v) is 31.6. The molecule has 2 rings (SSSR count). The van der Waals surface area contributed by atoms with Gasteiger partial charge in [0.2, 0.25) is 11.6 Å². The topological polar surface area (TPSA) is 231 Å². The average Bonchev–Trinajstić information content (AvgIpc) is 3.04. The number of ether oxygens (including phenoxy) is 4. The number of carbonyl (C=O) groups excluding carboxylic acids is 5. The number of allylic oxidation sites excluding steroid dienone is 4. The molecule has 2 bridgehead atoms. The third-order valence-electron chi connectivity index (χ3n) is 8.03. The lowest BCUT2D eigenvalue weighted by Gasteiger charge is -2.32. The number of methoxy groups -OCH3 is 2. The number of carbonyl (C=O) groups is 5. The van der Waals surface area contributed by atoms with Crippen LogP contribution in [0.4, 0.5) is 9.59 Å². The van der Waals surface area contributed by atoms with E-state index >= 15 is 0 Å². The van der Waals surface area contributed by atoms with Gasteiger partial charge < -0.3 is 35.3 Å². The van der Waals surface area contributed by atoms with Crippen LogP contribution in [0.2, 0.25) is 0 Å². The lowest BCUT2D eigenvalue weighted by molar-refractivity contribution is -0.120. The van der Waals surface area contributed by atoms with Gasteiger partial charge in [-0.05, 0) is 52.0 Å². The molecule has 0 saturated carbocycles. The van der Waals surface area contributed by atoms with E-state index in [1.807, 2.05) is 4.72 Å². The Kier molecular flexibility index (Phi) is 16.7. The second-order valence-corrected chi connectivity index (χ2v) is 14.3. The minimum atomic E-state index is -4.29. The normalized spacial score (nSPS) is 28.0. The number of nitrogens with one attached hydrogen (secondary N) is 4. The maximum absolute atomic E-state index is 13.8. The fraction of sp³-hybridized carbons (Fsp3) is 0.514. The van der Waals surface area contributed by atoms with Gasteiger partial charge in [-0.1, -0.05) is 44.2 Å². The maximum Gasteiger partial charge on any atom is 0.422 e. The number of hydrogen-bond acceptors (Lipinski definition) is 12. The Balaban J connectivity index is 2.76. The Morgan fingerprint density at radius 1 is 1.12 bits per heavy atom. The molecule has 2 aliphatic rings. The third-order valence-corrected chi connectivity index (χ3v) is 9.25. The quantitative estimate of drug-likeness (QED) is 0.160. The van der Waals surface area contributed by atoms with E-state index in [4.69, 9.17) is 24.7 Å². The highest BCUT2D eigenvalue weighted by molar-refractivity contribution is 7.88. The summed E-state index contributed by atoms with van der Waals surface area (Å²) in [4.78, 5) is 65.3. The van der Waals surface area contributed by atoms with Gasteiger partial charge in [-0.15, -0.1) is 6.58 Å². The smallest absolute Gasteiger partial charge is 0.422 e. The number of hydrogen-bond donors (Lipinski definition) is 5. The molecular weight excluding hydrogens is 698 g/mol. The van der Waals surface area contributed by atoms with Crippen LogP contribution in [0.3, 0.4) is 0 Å². The fourth-order valence-electron chi connectivity index (χ4n) is 5.72. The Bertz CT molecular complexity index is 1640. The average molecular weight is 750 g/mol. The van der Waals surface area contributed by atoms with E-state index in [0.717, 1.165) is 6.08 Å². The van der Waals surface area contributed by atoms with Gasteiger partial charge in [-0.25, -0.2) is 14.3 Å². The van der Waals surface area contributed by atoms with Gasteiger partial charge in [0.15, 0.2) is 6.10 Å². The van der Waals surface area contributed by atoms with E-state index in [1.165, 1.54) is 45.4 Å². The molecule has 1 aliphatic carbocycles. The van der Waals surface area contributed by atoms with E-state index in [0.29, 0.717) is 5.57 Å². The van der Waals surface area contributed by atoms with E-state index in [9.17, 15) is 32.4 Å². The summed E-state index contributed by atoms with van der Waals surface area (Å²) in [5, 5.41) is 5.47. The molecule has 0 radical (unpaired) electrons. The molecule has 3 amide bonds. The minimum Gasteiger partial charge on any atom is -0.442 e. The van der Waals surface area contributed by atoms with Gasteiger partial charge >= 0.3 is 22.4 Å². The number of amides is 3. The summed E-state index contributed by atoms with van der Waals surface area (Å²) >= 11 is 0. The molecule has 0 aromatic carbocycles. The molecule has 1 heterocycles. The van der Waals surface area contributed by atoms with Crippen molar-refractivity contribution in [2.75, 3.05) is 20.8 Å². The molecule has 0 saturated heterocycles. The molecule has 0 aromatic rings. The number of fused-ring (bicyclic) bond motifs is 2. The number of nitrogens with two attached hydrogens (primary N) is 1. The van der Waals surface area contributed by atoms with Crippen molar-refractivity contribution in [1.82, 2.24) is 20.1 Å². The third kappa shape index (κ3) is 12.9. The van der Waals surface area contributed by atoms with Gasteiger partial charge in [-0.3, -0.25) is 14.4 Å². The highest BCUT2D eigenvalue weighted by Gasteiger charge is 2.36. The Hall–Kier alpha value is -4.58. The Labute approximate surface area is 305 Å². The summed E-state index contributed by atoms with van der Waals surface area (Å²) in [6, 6.07) is -0.523. The second-order valence-electron chi connectivity index (χ2n) is 12.9. The first-order valence-corrected chi connectivity index (χ1v) is 18.1. The van der Waals surface area contributed by atoms with Crippen LogP contribution in [-0.4, -0.2) is 89.3 Å². The largest absolute Gasteiger partial charge is 0.442 e. The second kappa shape index (κ2) is 19.9. The zero-order chi connectivity index (χ0) is 39.3. The first-order valence-electron chi connectivity index (χ1n) is 16.6. The molecule has 16 nitrogen and oxygen atoms in total. The van der Waals surface area contributed by atoms with Crippen molar-refractivity contribution in [1.29, 1.82) is 0 Å². The highest BCUT2D eigenvalue weighted by Crippen LogP contribution is 2.30. The zero-order valence-electron chi connectivity index (χ0n) is 30.8. The maximum atomic E-state index is 13.8. The highest BCUT2D eigenvalue weighted by atomic mass is 32.2. The van der Waals surface area contributed by atoms with Crippen LogP contribution in [0.15, 0.2) is 71.1 Å². The lowest BCUT2D eigenvalue weighted by atomic mass is 9.85. The fourth-order valence-corrected chi connectivity index (χ4v) is 6.67. The monoisotopic (exact) mass is 749 g/mol. The van der Waals surface area contributed by atoms with Crippen molar-refractivity contribution in [2.24, 2.45) is 17.6 Å². The summed E-state index contributed by atoms with van der Waals surface area (Å²) in [5.41, 5.74) is 5.97. The molecule has 2 unspecified atom stereocenters. The van der Waals surface area contributed by atoms with Crippen LogP contribution < -0.4 is 25.8 Å². The molecule has 6 N–H and O–H groups in total. The molecule has 17 heteroatoms. The standard InChI is InChI=1S/C35H51N5O11S/c1-10-14-37-29-24-15-20(4)16-28(49-9)32(51-35(45)40-52(46,47)39-19(2)3)23(7)17-22(6)31(50-34(36)44)27(48-8)13-11-12-21(5)33(43)38-25(30(24)42)18-26(29)41/h10-13,17-20,23,27-28,31-32,37,39H,1,14-16H2,2-9H3,(H2,36,44)(H,38,43)(H,40,45)/b13-11-,21-12+,22-17+/t20-,23+,27?,28+,31+,32?/m1/s1. The molecule has 52 heavy (non-hydrogen) atoms. The lowest BCUT2D eigenvalue weighted by Crippen LogP contribution is -2.47. The van der Waals surface area contributed by atoms with Crippen LogP contribution in [0.25, 0.3) is 0 Å².